The highest BCUT2D eigenvalue weighted by Crippen LogP contribution is 2.33. The van der Waals surface area contributed by atoms with E-state index in [0.717, 1.165) is 11.1 Å². The second kappa shape index (κ2) is 8.20. The molecule has 0 aliphatic heterocycles. The normalized spacial score (nSPS) is 10.4. The van der Waals surface area contributed by atoms with Crippen LogP contribution in [0.5, 0.6) is 11.5 Å². The molecule has 0 saturated carbocycles. The Kier molecular flexibility index (Phi) is 6.28. The molecule has 2 N–H and O–H groups in total. The minimum atomic E-state index is -0.0431. The number of carbonyl (C=O) groups excluding carboxylic acids is 1. The maximum absolute atomic E-state index is 11.5. The molecular weight excluding hydrogens is 335 g/mol. The average molecular weight is 353 g/mol. The molecule has 1 amide bonds. The van der Waals surface area contributed by atoms with Crippen molar-refractivity contribution in [1.29, 1.82) is 0 Å². The first-order valence-corrected chi connectivity index (χ1v) is 7.89. The minimum absolute atomic E-state index is 0.0431. The van der Waals surface area contributed by atoms with Crippen LogP contribution in [0.3, 0.4) is 0 Å². The largest absolute Gasteiger partial charge is 0.456 e. The number of aryl methyl sites for hydroxylation is 1. The summed E-state index contributed by atoms with van der Waals surface area (Å²) in [4.78, 5) is 11.5. The predicted molar refractivity (Wildman–Crippen MR) is 93.5 cm³/mol. The van der Waals surface area contributed by atoms with E-state index < -0.39 is 0 Å². The maximum atomic E-state index is 11.5. The standard InChI is InChI=1S/C17H18Cl2N2O2/c1-11-7-12(9-21-17(22)10-20-2)3-5-15(11)23-16-6-4-13(18)8-14(16)19/h3-8,20H,9-10H2,1-2H3,(H,21,22). The lowest BCUT2D eigenvalue weighted by atomic mass is 10.1. The summed E-state index contributed by atoms with van der Waals surface area (Å²) in [5.41, 5.74) is 1.96. The number of halogens is 2. The Hall–Kier alpha value is -1.75. The van der Waals surface area contributed by atoms with Crippen molar-refractivity contribution in [3.8, 4) is 11.5 Å². The third kappa shape index (κ3) is 5.13. The molecule has 0 aromatic heterocycles. The molecule has 122 valence electrons. The summed E-state index contributed by atoms with van der Waals surface area (Å²) >= 11 is 12.0. The van der Waals surface area contributed by atoms with Gasteiger partial charge in [0.2, 0.25) is 5.91 Å². The van der Waals surface area contributed by atoms with E-state index in [0.29, 0.717) is 34.6 Å². The van der Waals surface area contributed by atoms with Gasteiger partial charge in [-0.15, -0.1) is 0 Å². The molecule has 0 aliphatic carbocycles. The molecule has 2 aromatic rings. The zero-order chi connectivity index (χ0) is 16.8. The molecule has 0 saturated heterocycles. The van der Waals surface area contributed by atoms with Crippen molar-refractivity contribution >= 4 is 29.1 Å². The Bertz CT molecular complexity index is 705. The molecule has 6 heteroatoms. The molecular formula is C17H18Cl2N2O2. The quantitative estimate of drug-likeness (QED) is 0.827. The van der Waals surface area contributed by atoms with Gasteiger partial charge in [0.25, 0.3) is 0 Å². The molecule has 0 radical (unpaired) electrons. The van der Waals surface area contributed by atoms with Crippen molar-refractivity contribution in [2.24, 2.45) is 0 Å². The van der Waals surface area contributed by atoms with Gasteiger partial charge in [0.15, 0.2) is 0 Å². The van der Waals surface area contributed by atoms with Crippen molar-refractivity contribution < 1.29 is 9.53 Å². The van der Waals surface area contributed by atoms with Crippen LogP contribution in [0.4, 0.5) is 0 Å². The van der Waals surface area contributed by atoms with Crippen molar-refractivity contribution in [3.63, 3.8) is 0 Å². The summed E-state index contributed by atoms with van der Waals surface area (Å²) in [6.07, 6.45) is 0. The average Bonchev–Trinajstić information content (AvgIpc) is 2.50. The van der Waals surface area contributed by atoms with Crippen LogP contribution in [0, 0.1) is 6.92 Å². The number of nitrogens with one attached hydrogen (secondary N) is 2. The zero-order valence-corrected chi connectivity index (χ0v) is 14.5. The number of amides is 1. The van der Waals surface area contributed by atoms with Crippen LogP contribution in [-0.2, 0) is 11.3 Å². The number of likely N-dealkylation sites (N-methyl/N-ethyl adjacent to an activating group) is 1. The highest BCUT2D eigenvalue weighted by Gasteiger charge is 2.07. The van der Waals surface area contributed by atoms with E-state index in [-0.39, 0.29) is 5.91 Å². The van der Waals surface area contributed by atoms with Crippen molar-refractivity contribution in [1.82, 2.24) is 10.6 Å². The van der Waals surface area contributed by atoms with E-state index in [1.54, 1.807) is 25.2 Å². The number of ether oxygens (including phenoxy) is 1. The fraction of sp³-hybridized carbons (Fsp3) is 0.235. The van der Waals surface area contributed by atoms with Crippen molar-refractivity contribution in [2.75, 3.05) is 13.6 Å². The molecule has 0 atom stereocenters. The summed E-state index contributed by atoms with van der Waals surface area (Å²) in [7, 11) is 1.73. The lowest BCUT2D eigenvalue weighted by Gasteiger charge is -2.12. The van der Waals surface area contributed by atoms with E-state index in [2.05, 4.69) is 10.6 Å². The van der Waals surface area contributed by atoms with Gasteiger partial charge in [-0.1, -0.05) is 35.3 Å². The van der Waals surface area contributed by atoms with Gasteiger partial charge in [0, 0.05) is 11.6 Å². The lowest BCUT2D eigenvalue weighted by molar-refractivity contribution is -0.120. The molecule has 23 heavy (non-hydrogen) atoms. The van der Waals surface area contributed by atoms with E-state index in [1.165, 1.54) is 0 Å². The van der Waals surface area contributed by atoms with Crippen LogP contribution in [0.15, 0.2) is 36.4 Å². The molecule has 0 unspecified atom stereocenters. The second-order valence-corrected chi connectivity index (χ2v) is 5.93. The number of hydrogen-bond donors (Lipinski definition) is 2. The molecule has 2 rings (SSSR count). The van der Waals surface area contributed by atoms with Crippen LogP contribution >= 0.6 is 23.2 Å². The molecule has 0 aliphatic rings. The molecule has 0 fully saturated rings. The first kappa shape index (κ1) is 17.6. The van der Waals surface area contributed by atoms with Crippen LogP contribution in [0.25, 0.3) is 0 Å². The Morgan fingerprint density at radius 2 is 1.87 bits per heavy atom. The van der Waals surface area contributed by atoms with E-state index in [9.17, 15) is 4.79 Å². The SMILES string of the molecule is CNCC(=O)NCc1ccc(Oc2ccc(Cl)cc2Cl)c(C)c1. The zero-order valence-electron chi connectivity index (χ0n) is 13.0. The molecule has 0 heterocycles. The Labute approximate surface area is 145 Å². The molecule has 0 bridgehead atoms. The summed E-state index contributed by atoms with van der Waals surface area (Å²) in [5, 5.41) is 6.66. The van der Waals surface area contributed by atoms with Crippen LogP contribution in [0.2, 0.25) is 10.0 Å². The van der Waals surface area contributed by atoms with Crippen molar-refractivity contribution in [3.05, 3.63) is 57.6 Å². The van der Waals surface area contributed by atoms with E-state index >= 15 is 0 Å². The summed E-state index contributed by atoms with van der Waals surface area (Å²) in [6, 6.07) is 10.8. The van der Waals surface area contributed by atoms with E-state index in [1.807, 2.05) is 25.1 Å². The fourth-order valence-electron chi connectivity index (χ4n) is 2.04. The Balaban J connectivity index is 2.05. The van der Waals surface area contributed by atoms with Gasteiger partial charge < -0.3 is 15.4 Å². The number of carbonyl (C=O) groups is 1. The van der Waals surface area contributed by atoms with Crippen LogP contribution < -0.4 is 15.4 Å². The van der Waals surface area contributed by atoms with Gasteiger partial charge >= 0.3 is 0 Å². The number of rotatable bonds is 6. The van der Waals surface area contributed by atoms with Gasteiger partial charge in [-0.25, -0.2) is 0 Å². The highest BCUT2D eigenvalue weighted by atomic mass is 35.5. The second-order valence-electron chi connectivity index (χ2n) is 5.08. The van der Waals surface area contributed by atoms with Gasteiger partial charge in [0.1, 0.15) is 11.5 Å². The molecule has 4 nitrogen and oxygen atoms in total. The minimum Gasteiger partial charge on any atom is -0.456 e. The summed E-state index contributed by atoms with van der Waals surface area (Å²) < 4.78 is 5.83. The van der Waals surface area contributed by atoms with Gasteiger partial charge in [-0.2, -0.15) is 0 Å². The first-order chi connectivity index (χ1) is 11.0. The summed E-state index contributed by atoms with van der Waals surface area (Å²) in [5.74, 6) is 1.21. The highest BCUT2D eigenvalue weighted by molar-refractivity contribution is 6.35. The third-order valence-electron chi connectivity index (χ3n) is 3.18. The third-order valence-corrected chi connectivity index (χ3v) is 3.71. The van der Waals surface area contributed by atoms with Gasteiger partial charge in [0.05, 0.1) is 11.6 Å². The predicted octanol–water partition coefficient (Wildman–Crippen LogP) is 3.93. The van der Waals surface area contributed by atoms with Gasteiger partial charge in [-0.3, -0.25) is 4.79 Å². The van der Waals surface area contributed by atoms with Crippen molar-refractivity contribution in [2.45, 2.75) is 13.5 Å². The fourth-order valence-corrected chi connectivity index (χ4v) is 2.48. The van der Waals surface area contributed by atoms with Gasteiger partial charge in [-0.05, 0) is 49.4 Å². The first-order valence-electron chi connectivity index (χ1n) is 7.13. The van der Waals surface area contributed by atoms with Crippen LogP contribution in [0.1, 0.15) is 11.1 Å². The smallest absolute Gasteiger partial charge is 0.234 e. The summed E-state index contributed by atoms with van der Waals surface area (Å²) in [6.45, 7) is 2.72. The van der Waals surface area contributed by atoms with Crippen LogP contribution in [-0.4, -0.2) is 19.5 Å². The Morgan fingerprint density at radius 1 is 1.13 bits per heavy atom. The molecule has 2 aromatic carbocycles. The Morgan fingerprint density at radius 3 is 2.52 bits per heavy atom. The number of hydrogen-bond acceptors (Lipinski definition) is 3. The topological polar surface area (TPSA) is 50.4 Å². The monoisotopic (exact) mass is 352 g/mol. The van der Waals surface area contributed by atoms with E-state index in [4.69, 9.17) is 27.9 Å². The number of benzene rings is 2. The lowest BCUT2D eigenvalue weighted by Crippen LogP contribution is -2.31. The molecule has 0 spiro atoms. The maximum Gasteiger partial charge on any atom is 0.234 e.